The number of carbonyl (C=O) groups is 1. The first-order valence-corrected chi connectivity index (χ1v) is 6.30. The molecule has 0 saturated heterocycles. The van der Waals surface area contributed by atoms with Crippen molar-refractivity contribution >= 4 is 34.8 Å². The first-order valence-electron chi connectivity index (χ1n) is 5.55. The number of carbonyl (C=O) groups excluding carboxylic acids is 1. The number of halogens is 2. The molecule has 5 heteroatoms. The quantitative estimate of drug-likeness (QED) is 0.807. The molecule has 0 atom stereocenters. The topological polar surface area (TPSA) is 41.1 Å². The summed E-state index contributed by atoms with van der Waals surface area (Å²) in [5.41, 5.74) is 1.08. The zero-order valence-corrected chi connectivity index (χ0v) is 11.5. The van der Waals surface area contributed by atoms with Crippen LogP contribution in [-0.2, 0) is 0 Å². The summed E-state index contributed by atoms with van der Waals surface area (Å²) in [6, 6.07) is 3.22. The van der Waals surface area contributed by atoms with Gasteiger partial charge in [-0.2, -0.15) is 0 Å². The lowest BCUT2D eigenvalue weighted by atomic mass is 10.1. The van der Waals surface area contributed by atoms with E-state index in [-0.39, 0.29) is 5.91 Å². The van der Waals surface area contributed by atoms with Crippen LogP contribution in [0.2, 0.25) is 10.0 Å². The minimum absolute atomic E-state index is 0.160. The number of amides is 1. The van der Waals surface area contributed by atoms with Gasteiger partial charge in [-0.3, -0.25) is 4.79 Å². The molecule has 17 heavy (non-hydrogen) atoms. The van der Waals surface area contributed by atoms with Crippen LogP contribution in [0.5, 0.6) is 0 Å². The van der Waals surface area contributed by atoms with Gasteiger partial charge < -0.3 is 10.6 Å². The van der Waals surface area contributed by atoms with E-state index in [4.69, 9.17) is 23.2 Å². The zero-order chi connectivity index (χ0) is 12.8. The van der Waals surface area contributed by atoms with Crippen LogP contribution >= 0.6 is 23.2 Å². The van der Waals surface area contributed by atoms with Crippen LogP contribution in [0, 0.1) is 0 Å². The number of rotatable bonds is 5. The maximum Gasteiger partial charge on any atom is 0.253 e. The lowest BCUT2D eigenvalue weighted by Gasteiger charge is -2.11. The third-order valence-corrected chi connectivity index (χ3v) is 2.88. The Morgan fingerprint density at radius 1 is 1.35 bits per heavy atom. The van der Waals surface area contributed by atoms with Gasteiger partial charge in [0.15, 0.2) is 0 Å². The first kappa shape index (κ1) is 14.1. The Morgan fingerprint density at radius 2 is 2.06 bits per heavy atom. The van der Waals surface area contributed by atoms with Crippen molar-refractivity contribution in [3.05, 3.63) is 27.7 Å². The van der Waals surface area contributed by atoms with Crippen LogP contribution < -0.4 is 10.6 Å². The molecule has 0 aliphatic rings. The number of unbranched alkanes of at least 4 members (excludes halogenated alkanes) is 1. The lowest BCUT2D eigenvalue weighted by molar-refractivity contribution is 0.0954. The molecular weight excluding hydrogens is 259 g/mol. The van der Waals surface area contributed by atoms with Crippen molar-refractivity contribution in [2.45, 2.75) is 19.8 Å². The molecule has 0 bridgehead atoms. The Bertz CT molecular complexity index is 408. The molecule has 0 unspecified atom stereocenters. The van der Waals surface area contributed by atoms with Crippen molar-refractivity contribution in [1.82, 2.24) is 5.32 Å². The van der Waals surface area contributed by atoms with Crippen LogP contribution in [0.3, 0.4) is 0 Å². The minimum atomic E-state index is -0.160. The Morgan fingerprint density at radius 3 is 2.65 bits per heavy atom. The van der Waals surface area contributed by atoms with E-state index >= 15 is 0 Å². The van der Waals surface area contributed by atoms with E-state index in [1.54, 1.807) is 19.2 Å². The maximum atomic E-state index is 11.9. The fourth-order valence-electron chi connectivity index (χ4n) is 1.48. The average molecular weight is 275 g/mol. The Balaban J connectivity index is 2.91. The second-order valence-electron chi connectivity index (χ2n) is 3.67. The van der Waals surface area contributed by atoms with Crippen molar-refractivity contribution in [1.29, 1.82) is 0 Å². The summed E-state index contributed by atoms with van der Waals surface area (Å²) in [6.07, 6.45) is 1.99. The molecule has 0 heterocycles. The monoisotopic (exact) mass is 274 g/mol. The maximum absolute atomic E-state index is 11.9. The number of anilines is 1. The summed E-state index contributed by atoms with van der Waals surface area (Å²) in [4.78, 5) is 11.9. The van der Waals surface area contributed by atoms with E-state index in [0.717, 1.165) is 12.8 Å². The Kier molecular flexibility index (Phi) is 5.59. The molecule has 0 aromatic heterocycles. The van der Waals surface area contributed by atoms with Gasteiger partial charge in [0.05, 0.1) is 16.3 Å². The highest BCUT2D eigenvalue weighted by atomic mass is 35.5. The van der Waals surface area contributed by atoms with Crippen LogP contribution in [0.25, 0.3) is 0 Å². The van der Waals surface area contributed by atoms with E-state index in [0.29, 0.717) is 27.8 Å². The molecule has 1 amide bonds. The van der Waals surface area contributed by atoms with Gasteiger partial charge in [-0.15, -0.1) is 0 Å². The Hall–Kier alpha value is -0.930. The van der Waals surface area contributed by atoms with Gasteiger partial charge >= 0.3 is 0 Å². The van der Waals surface area contributed by atoms with Crippen molar-refractivity contribution in [3.8, 4) is 0 Å². The molecular formula is C12H16Cl2N2O. The smallest absolute Gasteiger partial charge is 0.253 e. The summed E-state index contributed by atoms with van der Waals surface area (Å²) in [7, 11) is 1.72. The van der Waals surface area contributed by atoms with Crippen molar-refractivity contribution < 1.29 is 4.79 Å². The highest BCUT2D eigenvalue weighted by molar-refractivity contribution is 6.37. The van der Waals surface area contributed by atoms with Gasteiger partial charge in [-0.05, 0) is 18.6 Å². The van der Waals surface area contributed by atoms with E-state index in [9.17, 15) is 4.79 Å². The second kappa shape index (κ2) is 6.72. The molecule has 94 valence electrons. The van der Waals surface area contributed by atoms with Gasteiger partial charge in [-0.1, -0.05) is 36.5 Å². The standard InChI is InChI=1S/C12H16Cl2N2O/c1-3-4-5-16-12(17)9-6-8(13)7-10(14)11(9)15-2/h6-7,15H,3-5H2,1-2H3,(H,16,17). The Labute approximate surface area is 111 Å². The van der Waals surface area contributed by atoms with Crippen LogP contribution in [0.15, 0.2) is 12.1 Å². The van der Waals surface area contributed by atoms with Crippen molar-refractivity contribution in [2.24, 2.45) is 0 Å². The molecule has 3 nitrogen and oxygen atoms in total. The zero-order valence-electron chi connectivity index (χ0n) is 9.94. The van der Waals surface area contributed by atoms with E-state index < -0.39 is 0 Å². The molecule has 0 aliphatic carbocycles. The summed E-state index contributed by atoms with van der Waals surface area (Å²) in [5, 5.41) is 6.64. The van der Waals surface area contributed by atoms with E-state index in [1.165, 1.54) is 0 Å². The molecule has 1 aromatic carbocycles. The summed E-state index contributed by atoms with van der Waals surface area (Å²) < 4.78 is 0. The van der Waals surface area contributed by atoms with E-state index in [2.05, 4.69) is 17.6 Å². The van der Waals surface area contributed by atoms with Crippen LogP contribution in [0.1, 0.15) is 30.1 Å². The molecule has 1 rings (SSSR count). The molecule has 0 radical (unpaired) electrons. The van der Waals surface area contributed by atoms with Gasteiger partial charge in [-0.25, -0.2) is 0 Å². The van der Waals surface area contributed by atoms with Crippen LogP contribution in [-0.4, -0.2) is 19.5 Å². The molecule has 0 spiro atoms. The lowest BCUT2D eigenvalue weighted by Crippen LogP contribution is -2.25. The second-order valence-corrected chi connectivity index (χ2v) is 4.51. The summed E-state index contributed by atoms with van der Waals surface area (Å²) in [5.74, 6) is -0.160. The van der Waals surface area contributed by atoms with Crippen LogP contribution in [0.4, 0.5) is 5.69 Å². The predicted octanol–water partition coefficient (Wildman–Crippen LogP) is 3.57. The fourth-order valence-corrected chi connectivity index (χ4v) is 2.07. The molecule has 2 N–H and O–H groups in total. The fraction of sp³-hybridized carbons (Fsp3) is 0.417. The third-order valence-electron chi connectivity index (χ3n) is 2.37. The van der Waals surface area contributed by atoms with E-state index in [1.807, 2.05) is 0 Å². The highest BCUT2D eigenvalue weighted by Gasteiger charge is 2.14. The van der Waals surface area contributed by atoms with Gasteiger partial charge in [0.1, 0.15) is 0 Å². The van der Waals surface area contributed by atoms with Gasteiger partial charge in [0.25, 0.3) is 5.91 Å². The van der Waals surface area contributed by atoms with Gasteiger partial charge in [0, 0.05) is 18.6 Å². The predicted molar refractivity (Wildman–Crippen MR) is 73.2 cm³/mol. The third kappa shape index (κ3) is 3.79. The highest BCUT2D eigenvalue weighted by Crippen LogP contribution is 2.29. The normalized spacial score (nSPS) is 10.1. The minimum Gasteiger partial charge on any atom is -0.386 e. The average Bonchev–Trinajstić information content (AvgIpc) is 2.28. The van der Waals surface area contributed by atoms with Gasteiger partial charge in [0.2, 0.25) is 0 Å². The molecule has 0 fully saturated rings. The van der Waals surface area contributed by atoms with Crippen molar-refractivity contribution in [2.75, 3.05) is 18.9 Å². The number of nitrogens with one attached hydrogen (secondary N) is 2. The number of hydrogen-bond donors (Lipinski definition) is 2. The first-order chi connectivity index (χ1) is 8.10. The molecule has 0 aliphatic heterocycles. The van der Waals surface area contributed by atoms with Crippen molar-refractivity contribution in [3.63, 3.8) is 0 Å². The number of benzene rings is 1. The largest absolute Gasteiger partial charge is 0.386 e. The summed E-state index contributed by atoms with van der Waals surface area (Å²) in [6.45, 7) is 2.73. The molecule has 0 saturated carbocycles. The number of hydrogen-bond acceptors (Lipinski definition) is 2. The SMILES string of the molecule is CCCCNC(=O)c1cc(Cl)cc(Cl)c1NC. The summed E-state index contributed by atoms with van der Waals surface area (Å²) >= 11 is 11.9. The molecule has 1 aromatic rings.